The molecule has 7 heteroatoms. The Bertz CT molecular complexity index is 738. The van der Waals surface area contributed by atoms with E-state index in [1.807, 2.05) is 0 Å². The molecule has 1 amide bonds. The van der Waals surface area contributed by atoms with Crippen molar-refractivity contribution in [3.8, 4) is 11.5 Å². The zero-order valence-corrected chi connectivity index (χ0v) is 14.0. The van der Waals surface area contributed by atoms with E-state index in [2.05, 4.69) is 5.32 Å². The Morgan fingerprint density at radius 3 is 2.08 bits per heavy atom. The van der Waals surface area contributed by atoms with Gasteiger partial charge in [0.05, 0.1) is 19.8 Å². The fourth-order valence-corrected chi connectivity index (χ4v) is 1.98. The Morgan fingerprint density at radius 1 is 1.00 bits per heavy atom. The van der Waals surface area contributed by atoms with Crippen LogP contribution in [0.2, 0.25) is 0 Å². The normalized spacial score (nSPS) is 11.4. The maximum Gasteiger partial charge on any atom is 0.339 e. The number of ether oxygens (including phenoxy) is 3. The molecular weight excluding hydrogens is 329 g/mol. The maximum absolute atomic E-state index is 12.9. The summed E-state index contributed by atoms with van der Waals surface area (Å²) in [6, 6.07) is 9.83. The van der Waals surface area contributed by atoms with Gasteiger partial charge < -0.3 is 19.5 Å². The lowest BCUT2D eigenvalue weighted by molar-refractivity contribution is -0.123. The van der Waals surface area contributed by atoms with Gasteiger partial charge in [-0.25, -0.2) is 9.18 Å². The van der Waals surface area contributed by atoms with Gasteiger partial charge in [0.1, 0.15) is 17.3 Å². The highest BCUT2D eigenvalue weighted by atomic mass is 19.1. The van der Waals surface area contributed by atoms with Crippen molar-refractivity contribution in [3.63, 3.8) is 0 Å². The summed E-state index contributed by atoms with van der Waals surface area (Å²) in [6.07, 6.45) is -1.05. The summed E-state index contributed by atoms with van der Waals surface area (Å²) in [7, 11) is 2.92. The van der Waals surface area contributed by atoms with Gasteiger partial charge in [0.25, 0.3) is 5.91 Å². The molecule has 25 heavy (non-hydrogen) atoms. The molecule has 0 aromatic heterocycles. The smallest absolute Gasteiger partial charge is 0.339 e. The molecular formula is C18H18FNO5. The number of esters is 1. The van der Waals surface area contributed by atoms with Crippen LogP contribution >= 0.6 is 0 Å². The number of carbonyl (C=O) groups is 2. The van der Waals surface area contributed by atoms with E-state index in [4.69, 9.17) is 14.2 Å². The van der Waals surface area contributed by atoms with Crippen LogP contribution in [0.1, 0.15) is 17.3 Å². The van der Waals surface area contributed by atoms with Gasteiger partial charge in [-0.2, -0.15) is 0 Å². The fourth-order valence-electron chi connectivity index (χ4n) is 1.98. The molecule has 0 spiro atoms. The van der Waals surface area contributed by atoms with E-state index in [9.17, 15) is 14.0 Å². The van der Waals surface area contributed by atoms with Crippen molar-refractivity contribution >= 4 is 17.6 Å². The van der Waals surface area contributed by atoms with E-state index in [1.165, 1.54) is 57.5 Å². The summed E-state index contributed by atoms with van der Waals surface area (Å²) in [4.78, 5) is 24.3. The molecule has 6 nitrogen and oxygen atoms in total. The van der Waals surface area contributed by atoms with Crippen LogP contribution in [0, 0.1) is 5.82 Å². The van der Waals surface area contributed by atoms with Gasteiger partial charge in [0.2, 0.25) is 0 Å². The summed E-state index contributed by atoms with van der Waals surface area (Å²) in [5, 5.41) is 2.54. The first kappa shape index (κ1) is 18.3. The molecule has 0 bridgehead atoms. The van der Waals surface area contributed by atoms with E-state index in [-0.39, 0.29) is 5.56 Å². The Kier molecular flexibility index (Phi) is 5.94. The summed E-state index contributed by atoms with van der Waals surface area (Å²) in [6.45, 7) is 1.44. The fraction of sp³-hybridized carbons (Fsp3) is 0.222. The van der Waals surface area contributed by atoms with Crippen LogP contribution in [0.4, 0.5) is 10.1 Å². The van der Waals surface area contributed by atoms with Crippen molar-refractivity contribution in [2.24, 2.45) is 0 Å². The average Bonchev–Trinajstić information content (AvgIpc) is 2.62. The summed E-state index contributed by atoms with van der Waals surface area (Å²) in [5.74, 6) is -0.789. The molecule has 2 rings (SSSR count). The van der Waals surface area contributed by atoms with E-state index in [0.717, 1.165) is 0 Å². The number of benzene rings is 2. The van der Waals surface area contributed by atoms with Crippen molar-refractivity contribution in [2.75, 3.05) is 19.5 Å². The molecule has 1 unspecified atom stereocenters. The molecule has 0 fully saturated rings. The quantitative estimate of drug-likeness (QED) is 0.813. The van der Waals surface area contributed by atoms with Gasteiger partial charge in [-0.3, -0.25) is 4.79 Å². The van der Waals surface area contributed by atoms with E-state index in [1.54, 1.807) is 6.07 Å². The Morgan fingerprint density at radius 2 is 1.56 bits per heavy atom. The van der Waals surface area contributed by atoms with Gasteiger partial charge in [0.15, 0.2) is 6.10 Å². The van der Waals surface area contributed by atoms with E-state index >= 15 is 0 Å². The van der Waals surface area contributed by atoms with Crippen molar-refractivity contribution in [3.05, 3.63) is 53.8 Å². The first-order valence-electron chi connectivity index (χ1n) is 7.43. The van der Waals surface area contributed by atoms with Crippen molar-refractivity contribution in [1.82, 2.24) is 0 Å². The Hall–Kier alpha value is -3.09. The second-order valence-corrected chi connectivity index (χ2v) is 5.15. The first-order valence-corrected chi connectivity index (χ1v) is 7.43. The monoisotopic (exact) mass is 347 g/mol. The van der Waals surface area contributed by atoms with E-state index < -0.39 is 23.8 Å². The molecule has 0 aliphatic rings. The molecule has 2 aromatic carbocycles. The lowest BCUT2D eigenvalue weighted by Crippen LogP contribution is -2.30. The van der Waals surface area contributed by atoms with Crippen LogP contribution in [0.3, 0.4) is 0 Å². The van der Waals surface area contributed by atoms with Gasteiger partial charge in [0, 0.05) is 11.8 Å². The molecule has 0 radical (unpaired) electrons. The lowest BCUT2D eigenvalue weighted by atomic mass is 10.2. The summed E-state index contributed by atoms with van der Waals surface area (Å²) >= 11 is 0. The average molecular weight is 347 g/mol. The van der Waals surface area contributed by atoms with Crippen LogP contribution in [-0.2, 0) is 9.53 Å². The number of nitrogens with one attached hydrogen (secondary N) is 1. The van der Waals surface area contributed by atoms with Crippen molar-refractivity contribution in [2.45, 2.75) is 13.0 Å². The van der Waals surface area contributed by atoms with E-state index in [0.29, 0.717) is 17.2 Å². The zero-order valence-electron chi connectivity index (χ0n) is 14.0. The van der Waals surface area contributed by atoms with Crippen molar-refractivity contribution in [1.29, 1.82) is 0 Å². The highest BCUT2D eigenvalue weighted by molar-refractivity contribution is 5.97. The standard InChI is InChI=1S/C18H18FNO5/c1-11(17(21)20-14-6-4-13(19)5-7-14)25-18(22)12-8-15(23-2)10-16(9-12)24-3/h4-11H,1-3H3,(H,20,21). The van der Waals surface area contributed by atoms with Gasteiger partial charge in [-0.1, -0.05) is 0 Å². The molecule has 1 atom stereocenters. The highest BCUT2D eigenvalue weighted by Crippen LogP contribution is 2.23. The molecule has 0 heterocycles. The molecule has 1 N–H and O–H groups in total. The summed E-state index contributed by atoms with van der Waals surface area (Å²) < 4.78 is 28.2. The number of carbonyl (C=O) groups excluding carboxylic acids is 2. The van der Waals surface area contributed by atoms with Gasteiger partial charge in [-0.05, 0) is 43.3 Å². The third-order valence-electron chi connectivity index (χ3n) is 3.35. The number of hydrogen-bond donors (Lipinski definition) is 1. The van der Waals surface area contributed by atoms with Crippen LogP contribution < -0.4 is 14.8 Å². The third kappa shape index (κ3) is 4.94. The minimum absolute atomic E-state index is 0.192. The van der Waals surface area contributed by atoms with Crippen molar-refractivity contribution < 1.29 is 28.2 Å². The topological polar surface area (TPSA) is 73.9 Å². The number of rotatable bonds is 6. The second-order valence-electron chi connectivity index (χ2n) is 5.15. The number of anilines is 1. The first-order chi connectivity index (χ1) is 11.9. The molecule has 0 saturated heterocycles. The molecule has 0 aliphatic heterocycles. The minimum atomic E-state index is -1.05. The third-order valence-corrected chi connectivity index (χ3v) is 3.35. The molecule has 132 valence electrons. The number of methoxy groups -OCH3 is 2. The molecule has 0 aliphatic carbocycles. The predicted molar refractivity (Wildman–Crippen MR) is 89.5 cm³/mol. The van der Waals surface area contributed by atoms with Crippen LogP contribution in [-0.4, -0.2) is 32.2 Å². The summed E-state index contributed by atoms with van der Waals surface area (Å²) in [5.41, 5.74) is 0.593. The molecule has 2 aromatic rings. The number of hydrogen-bond acceptors (Lipinski definition) is 5. The number of halogens is 1. The number of amides is 1. The minimum Gasteiger partial charge on any atom is -0.497 e. The lowest BCUT2D eigenvalue weighted by Gasteiger charge is -2.14. The maximum atomic E-state index is 12.9. The largest absolute Gasteiger partial charge is 0.497 e. The highest BCUT2D eigenvalue weighted by Gasteiger charge is 2.20. The SMILES string of the molecule is COc1cc(OC)cc(C(=O)OC(C)C(=O)Nc2ccc(F)cc2)c1. The predicted octanol–water partition coefficient (Wildman–Crippen LogP) is 3.03. The second kappa shape index (κ2) is 8.14. The zero-order chi connectivity index (χ0) is 18.4. The van der Waals surface area contributed by atoms with Crippen LogP contribution in [0.25, 0.3) is 0 Å². The molecule has 0 saturated carbocycles. The van der Waals surface area contributed by atoms with Crippen LogP contribution in [0.15, 0.2) is 42.5 Å². The van der Waals surface area contributed by atoms with Crippen LogP contribution in [0.5, 0.6) is 11.5 Å². The Labute approximate surface area is 144 Å². The van der Waals surface area contributed by atoms with Gasteiger partial charge in [-0.15, -0.1) is 0 Å². The van der Waals surface area contributed by atoms with Gasteiger partial charge >= 0.3 is 5.97 Å². The Balaban J connectivity index is 2.03.